The molecule has 0 unspecified atom stereocenters. The molecule has 6 aromatic carbocycles. The monoisotopic (exact) mass is 728 g/mol. The average molecular weight is 729 g/mol. The van der Waals surface area contributed by atoms with E-state index in [4.69, 9.17) is 4.74 Å². The van der Waals surface area contributed by atoms with Gasteiger partial charge in [-0.05, 0) is 82.6 Å². The van der Waals surface area contributed by atoms with Gasteiger partial charge in [0.2, 0.25) is 0 Å². The summed E-state index contributed by atoms with van der Waals surface area (Å²) in [5.41, 5.74) is 12.8. The lowest BCUT2D eigenvalue weighted by molar-refractivity contribution is 0.412. The minimum Gasteiger partial charge on any atom is -0.454 e. The molecule has 1 aliphatic heterocycles. The minimum absolute atomic E-state index is 0.0846. The number of ether oxygens (including phenoxy) is 1. The largest absolute Gasteiger partial charge is 0.454 e. The van der Waals surface area contributed by atoms with Crippen molar-refractivity contribution in [2.45, 2.75) is 71.6 Å². The molecule has 0 amide bonds. The number of para-hydroxylation sites is 2. The summed E-state index contributed by atoms with van der Waals surface area (Å²) in [7, 11) is 4.26. The Labute approximate surface area is 330 Å². The van der Waals surface area contributed by atoms with E-state index in [0.717, 1.165) is 44.9 Å². The maximum atomic E-state index is 7.14. The van der Waals surface area contributed by atoms with Crippen molar-refractivity contribution in [1.29, 1.82) is 0 Å². The van der Waals surface area contributed by atoms with Gasteiger partial charge < -0.3 is 13.9 Å². The second kappa shape index (κ2) is 12.4. The van der Waals surface area contributed by atoms with Gasteiger partial charge >= 0.3 is 0 Å². The van der Waals surface area contributed by atoms with E-state index in [0.29, 0.717) is 0 Å². The van der Waals surface area contributed by atoms with E-state index in [1.807, 2.05) is 0 Å². The fourth-order valence-electron chi connectivity index (χ4n) is 8.48. The Morgan fingerprint density at radius 2 is 0.857 bits per heavy atom. The van der Waals surface area contributed by atoms with Gasteiger partial charge in [-0.3, -0.25) is 0 Å². The van der Waals surface area contributed by atoms with E-state index >= 15 is 0 Å². The molecule has 3 heteroatoms. The highest BCUT2D eigenvalue weighted by molar-refractivity contribution is 6.09. The number of aryl methyl sites for hydroxylation is 2. The molecular weight excluding hydrogens is 681 g/mol. The minimum atomic E-state index is -0.373. The summed E-state index contributed by atoms with van der Waals surface area (Å²) >= 11 is 0. The lowest BCUT2D eigenvalue weighted by atomic mass is 9.70. The molecule has 56 heavy (non-hydrogen) atoms. The summed E-state index contributed by atoms with van der Waals surface area (Å²) in [5, 5.41) is 4.90. The molecule has 276 valence electrons. The molecule has 0 saturated heterocycles. The molecule has 0 aliphatic carbocycles. The van der Waals surface area contributed by atoms with Crippen molar-refractivity contribution in [2.24, 2.45) is 14.1 Å². The lowest BCUT2D eigenvalue weighted by Crippen LogP contribution is -2.28. The summed E-state index contributed by atoms with van der Waals surface area (Å²) in [4.78, 5) is 0. The third-order valence-electron chi connectivity index (χ3n) is 12.0. The van der Waals surface area contributed by atoms with E-state index < -0.39 is 0 Å². The molecule has 0 radical (unpaired) electrons. The summed E-state index contributed by atoms with van der Waals surface area (Å²) in [6.07, 6.45) is 0. The van der Waals surface area contributed by atoms with Crippen molar-refractivity contribution in [2.75, 3.05) is 0 Å². The Bertz CT molecular complexity index is 2860. The zero-order valence-electron chi connectivity index (χ0n) is 34.2. The standard InChI is InChI=1S/C53H48N2O/c1-51(2,3)37-29-35(23-19-33-21-25-47-41(27-33)39-15-11-13-17-45(39)54(47)9)49-43(31-37)53(7,8)44-32-38(52(4,5)6)30-36(50(44)56-49)24-20-34-22-26-48-42(28-34)40-16-12-14-18-46(40)55(48)10/h11-18,21-22,25-32H,1-10H3. The quantitative estimate of drug-likeness (QED) is 0.142. The van der Waals surface area contributed by atoms with Crippen LogP contribution >= 0.6 is 0 Å². The molecule has 3 heterocycles. The molecule has 0 atom stereocenters. The van der Waals surface area contributed by atoms with Gasteiger partial charge in [0.25, 0.3) is 0 Å². The maximum absolute atomic E-state index is 7.14. The van der Waals surface area contributed by atoms with Crippen LogP contribution in [-0.4, -0.2) is 9.13 Å². The Kier molecular flexibility index (Phi) is 7.89. The van der Waals surface area contributed by atoms with E-state index in [1.54, 1.807) is 0 Å². The van der Waals surface area contributed by atoms with Crippen LogP contribution < -0.4 is 4.74 Å². The molecule has 0 saturated carbocycles. The van der Waals surface area contributed by atoms with Gasteiger partial charge in [0.05, 0.1) is 11.1 Å². The smallest absolute Gasteiger partial charge is 0.147 e. The third-order valence-corrected chi connectivity index (χ3v) is 12.0. The zero-order chi connectivity index (χ0) is 39.3. The average Bonchev–Trinajstić information content (AvgIpc) is 3.61. The number of hydrogen-bond donors (Lipinski definition) is 0. The van der Waals surface area contributed by atoms with Crippen LogP contribution in [0.3, 0.4) is 0 Å². The van der Waals surface area contributed by atoms with Crippen LogP contribution in [0.4, 0.5) is 0 Å². The summed E-state index contributed by atoms with van der Waals surface area (Å²) in [6.45, 7) is 18.3. The molecule has 1 aliphatic rings. The van der Waals surface area contributed by atoms with E-state index in [-0.39, 0.29) is 16.2 Å². The van der Waals surface area contributed by atoms with Crippen molar-refractivity contribution < 1.29 is 4.74 Å². The molecule has 0 fully saturated rings. The Balaban J connectivity index is 1.21. The number of aromatic nitrogens is 2. The summed E-state index contributed by atoms with van der Waals surface area (Å²) in [6, 6.07) is 39.4. The summed E-state index contributed by atoms with van der Waals surface area (Å²) < 4.78 is 11.7. The van der Waals surface area contributed by atoms with Crippen LogP contribution in [-0.2, 0) is 30.3 Å². The van der Waals surface area contributed by atoms with Crippen LogP contribution in [0.25, 0.3) is 43.6 Å². The van der Waals surface area contributed by atoms with E-state index in [2.05, 4.69) is 211 Å². The lowest BCUT2D eigenvalue weighted by Gasteiger charge is -2.38. The van der Waals surface area contributed by atoms with Crippen molar-refractivity contribution in [3.8, 4) is 35.2 Å². The van der Waals surface area contributed by atoms with Crippen molar-refractivity contribution in [3.05, 3.63) is 154 Å². The van der Waals surface area contributed by atoms with Crippen LogP contribution in [0.5, 0.6) is 11.5 Å². The molecule has 8 aromatic rings. The highest BCUT2D eigenvalue weighted by Crippen LogP contribution is 2.52. The van der Waals surface area contributed by atoms with E-state index in [9.17, 15) is 0 Å². The van der Waals surface area contributed by atoms with Crippen LogP contribution in [0.1, 0.15) is 99.9 Å². The third kappa shape index (κ3) is 5.69. The molecule has 0 bridgehead atoms. The number of hydrogen-bond acceptors (Lipinski definition) is 1. The number of benzene rings is 6. The van der Waals surface area contributed by atoms with Crippen LogP contribution in [0.15, 0.2) is 109 Å². The number of rotatable bonds is 0. The van der Waals surface area contributed by atoms with Gasteiger partial charge in [-0.1, -0.05) is 128 Å². The fourth-order valence-corrected chi connectivity index (χ4v) is 8.48. The first kappa shape index (κ1) is 35.5. The Hall–Kier alpha value is -6.16. The molecular formula is C53H48N2O. The molecule has 0 N–H and O–H groups in total. The van der Waals surface area contributed by atoms with Gasteiger partial charge in [-0.25, -0.2) is 0 Å². The number of nitrogens with zero attached hydrogens (tertiary/aromatic N) is 2. The topological polar surface area (TPSA) is 19.1 Å². The molecule has 9 rings (SSSR count). The second-order valence-electron chi connectivity index (χ2n) is 18.1. The van der Waals surface area contributed by atoms with Gasteiger partial charge in [0, 0.05) is 85.4 Å². The second-order valence-corrected chi connectivity index (χ2v) is 18.1. The van der Waals surface area contributed by atoms with Gasteiger partial charge in [-0.15, -0.1) is 0 Å². The molecule has 0 spiro atoms. The van der Waals surface area contributed by atoms with Crippen molar-refractivity contribution >= 4 is 43.6 Å². The van der Waals surface area contributed by atoms with Crippen molar-refractivity contribution in [1.82, 2.24) is 9.13 Å². The van der Waals surface area contributed by atoms with Gasteiger partial charge in [0.15, 0.2) is 0 Å². The first-order valence-electron chi connectivity index (χ1n) is 19.6. The van der Waals surface area contributed by atoms with Gasteiger partial charge in [-0.2, -0.15) is 0 Å². The first-order chi connectivity index (χ1) is 26.6. The highest BCUT2D eigenvalue weighted by Gasteiger charge is 2.39. The molecule has 3 nitrogen and oxygen atoms in total. The highest BCUT2D eigenvalue weighted by atomic mass is 16.5. The number of fused-ring (bicyclic) bond motifs is 8. The van der Waals surface area contributed by atoms with Crippen LogP contribution in [0.2, 0.25) is 0 Å². The van der Waals surface area contributed by atoms with Crippen molar-refractivity contribution in [3.63, 3.8) is 0 Å². The fraction of sp³-hybridized carbons (Fsp3) is 0.245. The maximum Gasteiger partial charge on any atom is 0.147 e. The zero-order valence-corrected chi connectivity index (χ0v) is 34.2. The predicted molar refractivity (Wildman–Crippen MR) is 235 cm³/mol. The normalized spacial score (nSPS) is 13.5. The first-order valence-corrected chi connectivity index (χ1v) is 19.6. The summed E-state index contributed by atoms with van der Waals surface area (Å²) in [5.74, 6) is 16.0. The SMILES string of the molecule is Cn1c2ccccc2c2cc(C#Cc3cc(C(C)(C)C)cc4c3Oc3c(C#Cc5ccc6c(c5)c5ccccc5n6C)cc(C(C)(C)C)cc3C4(C)C)ccc21. The van der Waals surface area contributed by atoms with E-state index in [1.165, 1.54) is 54.7 Å². The van der Waals surface area contributed by atoms with Crippen LogP contribution in [0, 0.1) is 23.7 Å². The van der Waals surface area contributed by atoms with Gasteiger partial charge in [0.1, 0.15) is 11.5 Å². The Morgan fingerprint density at radius 3 is 1.27 bits per heavy atom. The molecule has 2 aromatic heterocycles. The Morgan fingerprint density at radius 1 is 0.464 bits per heavy atom. The predicted octanol–water partition coefficient (Wildman–Crippen LogP) is 12.8.